The molecule has 1 fully saturated rings. The number of benzene rings is 1. The molecule has 2 atom stereocenters. The second-order valence-corrected chi connectivity index (χ2v) is 5.01. The Morgan fingerprint density at radius 1 is 1.31 bits per heavy atom. The normalized spacial score (nSPS) is 24.9. The highest BCUT2D eigenvalue weighted by Gasteiger charge is 2.26. The van der Waals surface area contributed by atoms with E-state index in [0.717, 1.165) is 18.4 Å². The molecule has 1 nitrogen and oxygen atoms in total. The molecule has 2 N–H and O–H groups in total. The Kier molecular flexibility index (Phi) is 3.82. The molecule has 0 aliphatic heterocycles. The van der Waals surface area contributed by atoms with E-state index in [9.17, 15) is 4.39 Å². The second-order valence-electron chi connectivity index (χ2n) is 4.60. The van der Waals surface area contributed by atoms with Crippen molar-refractivity contribution in [1.82, 2.24) is 0 Å². The number of halogens is 2. The third kappa shape index (κ3) is 2.38. The van der Waals surface area contributed by atoms with Crippen LogP contribution >= 0.6 is 11.6 Å². The van der Waals surface area contributed by atoms with E-state index in [0.29, 0.717) is 18.4 Å². The molecule has 0 bridgehead atoms. The van der Waals surface area contributed by atoms with Gasteiger partial charge in [0.2, 0.25) is 0 Å². The van der Waals surface area contributed by atoms with Gasteiger partial charge in [-0.3, -0.25) is 0 Å². The summed E-state index contributed by atoms with van der Waals surface area (Å²) in [7, 11) is 0. The standard InChI is InChI=1S/C13H17ClFN/c14-12-6-2-4-10(13(12)15)7-9-3-1-5-11(9)8-16/h2,4,6,9,11H,1,3,5,7-8,16H2. The maximum atomic E-state index is 13.7. The Hall–Kier alpha value is -0.600. The van der Waals surface area contributed by atoms with Crippen molar-refractivity contribution in [3.8, 4) is 0 Å². The van der Waals surface area contributed by atoms with Crippen LogP contribution in [0.4, 0.5) is 4.39 Å². The number of rotatable bonds is 3. The summed E-state index contributed by atoms with van der Waals surface area (Å²) in [5.41, 5.74) is 6.46. The van der Waals surface area contributed by atoms with Crippen molar-refractivity contribution in [1.29, 1.82) is 0 Å². The van der Waals surface area contributed by atoms with Crippen molar-refractivity contribution in [2.75, 3.05) is 6.54 Å². The molecule has 0 amide bonds. The van der Waals surface area contributed by atoms with Gasteiger partial charge in [-0.25, -0.2) is 4.39 Å². The average Bonchev–Trinajstić information content (AvgIpc) is 2.72. The average molecular weight is 242 g/mol. The maximum Gasteiger partial charge on any atom is 0.144 e. The lowest BCUT2D eigenvalue weighted by molar-refractivity contribution is 0.389. The molecule has 0 heterocycles. The van der Waals surface area contributed by atoms with E-state index >= 15 is 0 Å². The summed E-state index contributed by atoms with van der Waals surface area (Å²) < 4.78 is 13.7. The summed E-state index contributed by atoms with van der Waals surface area (Å²) in [5.74, 6) is 0.822. The predicted molar refractivity (Wildman–Crippen MR) is 65.0 cm³/mol. The highest BCUT2D eigenvalue weighted by atomic mass is 35.5. The third-order valence-electron chi connectivity index (χ3n) is 3.63. The lowest BCUT2D eigenvalue weighted by Gasteiger charge is -2.18. The van der Waals surface area contributed by atoms with Crippen LogP contribution in [-0.2, 0) is 6.42 Å². The summed E-state index contributed by atoms with van der Waals surface area (Å²) >= 11 is 5.77. The molecular formula is C13H17ClFN. The summed E-state index contributed by atoms with van der Waals surface area (Å²) in [6.45, 7) is 0.715. The third-order valence-corrected chi connectivity index (χ3v) is 3.92. The van der Waals surface area contributed by atoms with E-state index in [1.54, 1.807) is 6.07 Å². The van der Waals surface area contributed by atoms with Crippen molar-refractivity contribution in [3.63, 3.8) is 0 Å². The van der Waals surface area contributed by atoms with Crippen LogP contribution in [0.2, 0.25) is 5.02 Å². The summed E-state index contributed by atoms with van der Waals surface area (Å²) in [6.07, 6.45) is 4.33. The van der Waals surface area contributed by atoms with Crippen LogP contribution < -0.4 is 5.73 Å². The Morgan fingerprint density at radius 2 is 2.06 bits per heavy atom. The van der Waals surface area contributed by atoms with Crippen LogP contribution in [0.15, 0.2) is 18.2 Å². The smallest absolute Gasteiger partial charge is 0.144 e. The summed E-state index contributed by atoms with van der Waals surface area (Å²) in [6, 6.07) is 5.23. The van der Waals surface area contributed by atoms with Gasteiger partial charge in [-0.1, -0.05) is 30.2 Å². The number of hydrogen-bond acceptors (Lipinski definition) is 1. The van der Waals surface area contributed by atoms with Gasteiger partial charge in [-0.2, -0.15) is 0 Å². The molecule has 1 aromatic carbocycles. The topological polar surface area (TPSA) is 26.0 Å². The van der Waals surface area contributed by atoms with E-state index in [1.165, 1.54) is 12.8 Å². The van der Waals surface area contributed by atoms with Crippen LogP contribution in [0.3, 0.4) is 0 Å². The minimum absolute atomic E-state index is 0.222. The van der Waals surface area contributed by atoms with E-state index in [2.05, 4.69) is 0 Å². The van der Waals surface area contributed by atoms with Crippen LogP contribution in [0.5, 0.6) is 0 Å². The summed E-state index contributed by atoms with van der Waals surface area (Å²) in [5, 5.41) is 0.222. The first-order valence-electron chi connectivity index (χ1n) is 5.85. The summed E-state index contributed by atoms with van der Waals surface area (Å²) in [4.78, 5) is 0. The Bertz CT molecular complexity index is 367. The lowest BCUT2D eigenvalue weighted by atomic mass is 9.89. The molecule has 2 rings (SSSR count). The zero-order chi connectivity index (χ0) is 11.5. The fraction of sp³-hybridized carbons (Fsp3) is 0.538. The Morgan fingerprint density at radius 3 is 2.81 bits per heavy atom. The molecule has 1 aliphatic rings. The first kappa shape index (κ1) is 11.9. The highest BCUT2D eigenvalue weighted by molar-refractivity contribution is 6.30. The molecule has 2 unspecified atom stereocenters. The van der Waals surface area contributed by atoms with E-state index < -0.39 is 0 Å². The molecule has 1 saturated carbocycles. The van der Waals surface area contributed by atoms with Gasteiger partial charge >= 0.3 is 0 Å². The van der Waals surface area contributed by atoms with Crippen molar-refractivity contribution in [2.24, 2.45) is 17.6 Å². The number of nitrogens with two attached hydrogens (primary N) is 1. The molecule has 1 aromatic rings. The fourth-order valence-corrected chi connectivity index (χ4v) is 2.88. The molecule has 16 heavy (non-hydrogen) atoms. The molecule has 0 spiro atoms. The largest absolute Gasteiger partial charge is 0.330 e. The van der Waals surface area contributed by atoms with Gasteiger partial charge in [-0.15, -0.1) is 0 Å². The van der Waals surface area contributed by atoms with Gasteiger partial charge in [0.1, 0.15) is 5.82 Å². The van der Waals surface area contributed by atoms with Gasteiger partial charge in [0.15, 0.2) is 0 Å². The van der Waals surface area contributed by atoms with Crippen molar-refractivity contribution in [2.45, 2.75) is 25.7 Å². The molecule has 0 saturated heterocycles. The first-order chi connectivity index (χ1) is 7.72. The second kappa shape index (κ2) is 5.15. The van der Waals surface area contributed by atoms with Crippen molar-refractivity contribution < 1.29 is 4.39 Å². The van der Waals surface area contributed by atoms with Crippen molar-refractivity contribution in [3.05, 3.63) is 34.6 Å². The minimum Gasteiger partial charge on any atom is -0.330 e. The Balaban J connectivity index is 2.11. The van der Waals surface area contributed by atoms with Crippen LogP contribution in [0.1, 0.15) is 24.8 Å². The molecule has 88 valence electrons. The zero-order valence-corrected chi connectivity index (χ0v) is 10.0. The molecule has 0 aromatic heterocycles. The van der Waals surface area contributed by atoms with Gasteiger partial charge in [-0.05, 0) is 49.3 Å². The van der Waals surface area contributed by atoms with Crippen LogP contribution in [-0.4, -0.2) is 6.54 Å². The van der Waals surface area contributed by atoms with Gasteiger partial charge in [0.05, 0.1) is 5.02 Å². The van der Waals surface area contributed by atoms with Crippen molar-refractivity contribution >= 4 is 11.6 Å². The number of hydrogen-bond donors (Lipinski definition) is 1. The zero-order valence-electron chi connectivity index (χ0n) is 9.26. The van der Waals surface area contributed by atoms with Gasteiger partial charge in [0.25, 0.3) is 0 Å². The van der Waals surface area contributed by atoms with Gasteiger partial charge in [0, 0.05) is 0 Å². The SMILES string of the molecule is NCC1CCCC1Cc1cccc(Cl)c1F. The molecular weight excluding hydrogens is 225 g/mol. The van der Waals surface area contributed by atoms with E-state index in [4.69, 9.17) is 17.3 Å². The fourth-order valence-electron chi connectivity index (χ4n) is 2.68. The first-order valence-corrected chi connectivity index (χ1v) is 6.23. The molecule has 3 heteroatoms. The van der Waals surface area contributed by atoms with Crippen LogP contribution in [0.25, 0.3) is 0 Å². The maximum absolute atomic E-state index is 13.7. The van der Waals surface area contributed by atoms with Gasteiger partial charge < -0.3 is 5.73 Å². The monoisotopic (exact) mass is 241 g/mol. The van der Waals surface area contributed by atoms with E-state index in [-0.39, 0.29) is 10.8 Å². The van der Waals surface area contributed by atoms with E-state index in [1.807, 2.05) is 12.1 Å². The minimum atomic E-state index is -0.258. The quantitative estimate of drug-likeness (QED) is 0.863. The van der Waals surface area contributed by atoms with Crippen LogP contribution in [0, 0.1) is 17.7 Å². The predicted octanol–water partition coefficient (Wildman–Crippen LogP) is 3.40. The lowest BCUT2D eigenvalue weighted by Crippen LogP contribution is -2.20. The Labute approximate surface area is 101 Å². The highest BCUT2D eigenvalue weighted by Crippen LogP contribution is 2.34. The molecule has 1 aliphatic carbocycles. The molecule has 0 radical (unpaired) electrons.